The summed E-state index contributed by atoms with van der Waals surface area (Å²) in [6.45, 7) is 8.09. The summed E-state index contributed by atoms with van der Waals surface area (Å²) < 4.78 is 0. The summed E-state index contributed by atoms with van der Waals surface area (Å²) in [6, 6.07) is 0. The highest BCUT2D eigenvalue weighted by molar-refractivity contribution is 5.78. The molecule has 2 amide bonds. The monoisotopic (exact) mass is 332 g/mol. The lowest BCUT2D eigenvalue weighted by Gasteiger charge is -1.98. The third-order valence-corrected chi connectivity index (χ3v) is 2.26. The fourth-order valence-corrected chi connectivity index (χ4v) is 0.939. The Labute approximate surface area is 138 Å². The molecule has 0 aromatic heterocycles. The van der Waals surface area contributed by atoms with Gasteiger partial charge in [0.2, 0.25) is 11.8 Å². The molecule has 8 nitrogen and oxygen atoms in total. The van der Waals surface area contributed by atoms with E-state index in [-0.39, 0.29) is 24.7 Å². The highest BCUT2D eigenvalue weighted by Gasteiger charge is 2.01. The Kier molecular flexibility index (Phi) is 22.9. The van der Waals surface area contributed by atoms with Crippen molar-refractivity contribution in [3.63, 3.8) is 0 Å². The van der Waals surface area contributed by atoms with Crippen LogP contribution in [0.3, 0.4) is 0 Å². The van der Waals surface area contributed by atoms with Crippen LogP contribution < -0.4 is 22.5 Å². The fourth-order valence-electron chi connectivity index (χ4n) is 0.939. The molecule has 136 valence electrons. The van der Waals surface area contributed by atoms with E-state index >= 15 is 0 Å². The van der Waals surface area contributed by atoms with Crippen LogP contribution in [0.25, 0.3) is 0 Å². The first kappa shape index (κ1) is 26.1. The molecule has 0 aliphatic rings. The number of hydrazine groups is 2. The standard InChI is InChI=1S/C5H12N4O2.2C5H10O/c6-8-4(10)2-1-3-5(11)9-7;2*1-5(2)3-4-6/h1-3,6-7H2,(H,8,10)(H,9,11);2*4-5H,3H2,1-2H3. The molecule has 0 radical (unpaired) electrons. The average Bonchev–Trinajstić information content (AvgIpc) is 2.47. The maximum atomic E-state index is 10.5. The van der Waals surface area contributed by atoms with Gasteiger partial charge >= 0.3 is 0 Å². The number of carbonyl (C=O) groups is 4. The minimum absolute atomic E-state index is 0.240. The molecule has 0 aliphatic carbocycles. The summed E-state index contributed by atoms with van der Waals surface area (Å²) in [5, 5.41) is 0. The molecule has 0 heterocycles. The molecule has 8 heteroatoms. The van der Waals surface area contributed by atoms with Crippen molar-refractivity contribution in [2.24, 2.45) is 23.5 Å². The number of rotatable bonds is 8. The summed E-state index contributed by atoms with van der Waals surface area (Å²) >= 11 is 0. The summed E-state index contributed by atoms with van der Waals surface area (Å²) in [6.07, 6.45) is 4.22. The second-order valence-corrected chi connectivity index (χ2v) is 5.58. The maximum absolute atomic E-state index is 10.5. The van der Waals surface area contributed by atoms with Crippen molar-refractivity contribution < 1.29 is 19.2 Å². The minimum atomic E-state index is -0.283. The fraction of sp³-hybridized carbons (Fsp3) is 0.733. The topological polar surface area (TPSA) is 144 Å². The van der Waals surface area contributed by atoms with Crippen LogP contribution in [0.4, 0.5) is 0 Å². The van der Waals surface area contributed by atoms with E-state index in [9.17, 15) is 19.2 Å². The molecule has 6 N–H and O–H groups in total. The lowest BCUT2D eigenvalue weighted by atomic mass is 10.2. The minimum Gasteiger partial charge on any atom is -0.303 e. The van der Waals surface area contributed by atoms with E-state index in [1.165, 1.54) is 0 Å². The lowest BCUT2D eigenvalue weighted by Crippen LogP contribution is -2.31. The van der Waals surface area contributed by atoms with Crippen molar-refractivity contribution in [2.75, 3.05) is 0 Å². The maximum Gasteiger partial charge on any atom is 0.233 e. The van der Waals surface area contributed by atoms with Crippen molar-refractivity contribution in [3.8, 4) is 0 Å². The van der Waals surface area contributed by atoms with Gasteiger partial charge in [0, 0.05) is 25.7 Å². The van der Waals surface area contributed by atoms with Crippen LogP contribution >= 0.6 is 0 Å². The Bertz CT molecular complexity index is 291. The molecule has 0 fully saturated rings. The van der Waals surface area contributed by atoms with E-state index in [0.29, 0.717) is 31.1 Å². The van der Waals surface area contributed by atoms with Crippen LogP contribution in [0.15, 0.2) is 0 Å². The zero-order valence-corrected chi connectivity index (χ0v) is 14.6. The molecule has 0 rings (SSSR count). The van der Waals surface area contributed by atoms with E-state index in [0.717, 1.165) is 12.6 Å². The van der Waals surface area contributed by atoms with Gasteiger partial charge in [0.1, 0.15) is 12.6 Å². The van der Waals surface area contributed by atoms with Crippen LogP contribution in [0.5, 0.6) is 0 Å². The summed E-state index contributed by atoms with van der Waals surface area (Å²) in [4.78, 5) is 40.2. The number of hydrogen-bond donors (Lipinski definition) is 4. The molecule has 0 saturated carbocycles. The van der Waals surface area contributed by atoms with Crippen molar-refractivity contribution in [1.82, 2.24) is 10.9 Å². The molecule has 0 saturated heterocycles. The largest absolute Gasteiger partial charge is 0.303 e. The molecule has 0 unspecified atom stereocenters. The van der Waals surface area contributed by atoms with Gasteiger partial charge in [0.15, 0.2) is 0 Å². The molecule has 0 spiro atoms. The zero-order chi connectivity index (χ0) is 18.7. The van der Waals surface area contributed by atoms with E-state index < -0.39 is 0 Å². The number of nitrogens with one attached hydrogen (secondary N) is 2. The smallest absolute Gasteiger partial charge is 0.233 e. The highest BCUT2D eigenvalue weighted by Crippen LogP contribution is 1.94. The predicted molar refractivity (Wildman–Crippen MR) is 89.5 cm³/mol. The SMILES string of the molecule is CC(C)CC=O.CC(C)CC=O.NNC(=O)CCCC(=O)NN. The van der Waals surface area contributed by atoms with Crippen molar-refractivity contribution in [1.29, 1.82) is 0 Å². The second-order valence-electron chi connectivity index (χ2n) is 5.58. The number of nitrogens with two attached hydrogens (primary N) is 2. The van der Waals surface area contributed by atoms with Crippen LogP contribution in [0.2, 0.25) is 0 Å². The Balaban J connectivity index is -0.000000284. The Hall–Kier alpha value is -1.80. The summed E-state index contributed by atoms with van der Waals surface area (Å²) in [7, 11) is 0. The van der Waals surface area contributed by atoms with Crippen molar-refractivity contribution >= 4 is 24.4 Å². The molecule has 23 heavy (non-hydrogen) atoms. The van der Waals surface area contributed by atoms with Gasteiger partial charge in [-0.1, -0.05) is 27.7 Å². The van der Waals surface area contributed by atoms with Gasteiger partial charge in [-0.2, -0.15) is 0 Å². The van der Waals surface area contributed by atoms with Gasteiger partial charge in [-0.05, 0) is 18.3 Å². The third-order valence-electron chi connectivity index (χ3n) is 2.26. The van der Waals surface area contributed by atoms with Crippen LogP contribution in [-0.2, 0) is 19.2 Å². The molecule has 0 aromatic carbocycles. The Morgan fingerprint density at radius 1 is 0.826 bits per heavy atom. The Morgan fingerprint density at radius 3 is 1.26 bits per heavy atom. The first-order valence-corrected chi connectivity index (χ1v) is 7.61. The van der Waals surface area contributed by atoms with E-state index in [1.54, 1.807) is 0 Å². The normalized spacial score (nSPS) is 9.04. The van der Waals surface area contributed by atoms with Crippen LogP contribution in [0.1, 0.15) is 59.8 Å². The number of amides is 2. The number of carbonyl (C=O) groups excluding carboxylic acids is 4. The van der Waals surface area contributed by atoms with Gasteiger partial charge in [-0.15, -0.1) is 0 Å². The zero-order valence-electron chi connectivity index (χ0n) is 14.6. The van der Waals surface area contributed by atoms with Crippen molar-refractivity contribution in [2.45, 2.75) is 59.8 Å². The van der Waals surface area contributed by atoms with Gasteiger partial charge in [0.25, 0.3) is 0 Å². The van der Waals surface area contributed by atoms with Gasteiger partial charge < -0.3 is 9.59 Å². The van der Waals surface area contributed by atoms with Gasteiger partial charge in [-0.25, -0.2) is 11.7 Å². The van der Waals surface area contributed by atoms with Crippen LogP contribution in [-0.4, -0.2) is 24.4 Å². The first-order valence-electron chi connectivity index (χ1n) is 7.61. The quantitative estimate of drug-likeness (QED) is 0.222. The van der Waals surface area contributed by atoms with Crippen LogP contribution in [0, 0.1) is 11.8 Å². The Morgan fingerprint density at radius 2 is 1.13 bits per heavy atom. The first-order chi connectivity index (χ1) is 10.7. The molecular formula is C15H32N4O4. The number of aldehydes is 2. The number of hydrogen-bond acceptors (Lipinski definition) is 6. The van der Waals surface area contributed by atoms with E-state index in [4.69, 9.17) is 11.7 Å². The molecule has 0 aliphatic heterocycles. The second kappa shape index (κ2) is 20.2. The summed E-state index contributed by atoms with van der Waals surface area (Å²) in [5.74, 6) is 10.1. The van der Waals surface area contributed by atoms with E-state index in [1.807, 2.05) is 38.5 Å². The average molecular weight is 332 g/mol. The molecular weight excluding hydrogens is 300 g/mol. The predicted octanol–water partition coefficient (Wildman–Crippen LogP) is 0.599. The van der Waals surface area contributed by atoms with Crippen molar-refractivity contribution in [3.05, 3.63) is 0 Å². The summed E-state index contributed by atoms with van der Waals surface area (Å²) in [5.41, 5.74) is 3.91. The highest BCUT2D eigenvalue weighted by atomic mass is 16.2. The van der Waals surface area contributed by atoms with Gasteiger partial charge in [0.05, 0.1) is 0 Å². The molecule has 0 atom stereocenters. The molecule has 0 bridgehead atoms. The molecule has 0 aromatic rings. The third kappa shape index (κ3) is 33.2. The van der Waals surface area contributed by atoms with Gasteiger partial charge in [-0.3, -0.25) is 20.4 Å². The van der Waals surface area contributed by atoms with E-state index in [2.05, 4.69) is 0 Å². The lowest BCUT2D eigenvalue weighted by molar-refractivity contribution is -0.122.